The van der Waals surface area contributed by atoms with Crippen molar-refractivity contribution in [2.24, 2.45) is 11.1 Å². The average Bonchev–Trinajstić information content (AvgIpc) is 3.10. The number of fused-ring (bicyclic) bond motifs is 1. The molecule has 3 aliphatic rings. The minimum Gasteiger partial charge on any atom is -0.381 e. The van der Waals surface area contributed by atoms with Gasteiger partial charge in [-0.3, -0.25) is 14.5 Å². The summed E-state index contributed by atoms with van der Waals surface area (Å²) in [4.78, 5) is 32.3. The Kier molecular flexibility index (Phi) is 3.71. The topological polar surface area (TPSA) is 59.0 Å². The number of halogens is 1. The van der Waals surface area contributed by atoms with Crippen LogP contribution in [0.25, 0.3) is 0 Å². The van der Waals surface area contributed by atoms with Gasteiger partial charge < -0.3 is 4.84 Å². The molecular weight excluding hydrogens is 360 g/mol. The highest BCUT2D eigenvalue weighted by molar-refractivity contribution is 9.10. The quantitative estimate of drug-likeness (QED) is 0.745. The molecule has 5 nitrogen and oxygen atoms in total. The molecule has 1 aromatic carbocycles. The van der Waals surface area contributed by atoms with E-state index in [9.17, 15) is 9.59 Å². The Morgan fingerprint density at radius 3 is 2.43 bits per heavy atom. The van der Waals surface area contributed by atoms with Crippen molar-refractivity contribution < 1.29 is 14.4 Å². The molecule has 1 aromatic rings. The molecule has 2 aliphatic heterocycles. The number of carbonyl (C=O) groups excluding carboxylic acids is 2. The van der Waals surface area contributed by atoms with Crippen LogP contribution < -0.4 is 0 Å². The van der Waals surface area contributed by atoms with Crippen LogP contribution >= 0.6 is 15.9 Å². The maximum atomic E-state index is 12.9. The van der Waals surface area contributed by atoms with Crippen LogP contribution in [0, 0.1) is 5.92 Å². The highest BCUT2D eigenvalue weighted by atomic mass is 79.9. The Morgan fingerprint density at radius 1 is 1.04 bits per heavy atom. The van der Waals surface area contributed by atoms with Crippen molar-refractivity contribution in [2.75, 3.05) is 0 Å². The van der Waals surface area contributed by atoms with Crippen molar-refractivity contribution in [3.8, 4) is 0 Å². The fraction of sp³-hybridized carbons (Fsp3) is 0.471. The second kappa shape index (κ2) is 5.74. The Morgan fingerprint density at radius 2 is 1.74 bits per heavy atom. The zero-order valence-electron chi connectivity index (χ0n) is 12.6. The van der Waals surface area contributed by atoms with Gasteiger partial charge in [0.2, 0.25) is 12.0 Å². The number of amides is 2. The minimum atomic E-state index is -0.775. The van der Waals surface area contributed by atoms with Crippen LogP contribution in [0.3, 0.4) is 0 Å². The normalized spacial score (nSPS) is 27.9. The summed E-state index contributed by atoms with van der Waals surface area (Å²) in [6, 6.07) is 7.59. The number of benzene rings is 1. The molecule has 0 N–H and O–H groups in total. The SMILES string of the molecule is O=C1[C@@H]2C(c3ccc(Br)cc3)=NO[C@@H]2C(=O)N1C1CCCCC1. The van der Waals surface area contributed by atoms with E-state index in [1.807, 2.05) is 24.3 Å². The van der Waals surface area contributed by atoms with E-state index in [4.69, 9.17) is 4.84 Å². The molecule has 1 aliphatic carbocycles. The van der Waals surface area contributed by atoms with Gasteiger partial charge in [-0.25, -0.2) is 0 Å². The molecule has 0 spiro atoms. The van der Waals surface area contributed by atoms with Crippen molar-refractivity contribution in [2.45, 2.75) is 44.2 Å². The number of rotatable bonds is 2. The second-order valence-electron chi connectivity index (χ2n) is 6.33. The molecule has 2 fully saturated rings. The van der Waals surface area contributed by atoms with Gasteiger partial charge in [-0.2, -0.15) is 0 Å². The lowest BCUT2D eigenvalue weighted by molar-refractivity contribution is -0.145. The summed E-state index contributed by atoms with van der Waals surface area (Å²) in [6.45, 7) is 0. The third-order valence-electron chi connectivity index (χ3n) is 4.93. The van der Waals surface area contributed by atoms with Gasteiger partial charge in [0.1, 0.15) is 11.6 Å². The molecule has 6 heteroatoms. The predicted octanol–water partition coefficient (Wildman–Crippen LogP) is 2.87. The first-order valence-electron chi connectivity index (χ1n) is 8.03. The minimum absolute atomic E-state index is 0.0316. The molecule has 1 saturated heterocycles. The van der Waals surface area contributed by atoms with Gasteiger partial charge in [0.15, 0.2) is 0 Å². The van der Waals surface area contributed by atoms with E-state index in [1.54, 1.807) is 0 Å². The van der Waals surface area contributed by atoms with Crippen LogP contribution in [0.4, 0.5) is 0 Å². The second-order valence-corrected chi connectivity index (χ2v) is 7.24. The first kappa shape index (κ1) is 14.9. The van der Waals surface area contributed by atoms with Crippen LogP contribution in [0.5, 0.6) is 0 Å². The largest absolute Gasteiger partial charge is 0.381 e. The number of nitrogens with zero attached hydrogens (tertiary/aromatic N) is 2. The highest BCUT2D eigenvalue weighted by Gasteiger charge is 2.57. The summed E-state index contributed by atoms with van der Waals surface area (Å²) < 4.78 is 0.954. The van der Waals surface area contributed by atoms with Crippen molar-refractivity contribution in [3.05, 3.63) is 34.3 Å². The Hall–Kier alpha value is -1.69. The van der Waals surface area contributed by atoms with E-state index in [2.05, 4.69) is 21.1 Å². The summed E-state index contributed by atoms with van der Waals surface area (Å²) in [6.07, 6.45) is 4.37. The van der Waals surface area contributed by atoms with Gasteiger partial charge in [0, 0.05) is 16.1 Å². The smallest absolute Gasteiger partial charge is 0.274 e. The molecule has 0 unspecified atom stereocenters. The lowest BCUT2D eigenvalue weighted by Crippen LogP contribution is -2.43. The van der Waals surface area contributed by atoms with Gasteiger partial charge in [0.05, 0.1) is 0 Å². The van der Waals surface area contributed by atoms with Crippen LogP contribution in [0.2, 0.25) is 0 Å². The van der Waals surface area contributed by atoms with E-state index in [0.29, 0.717) is 5.71 Å². The van der Waals surface area contributed by atoms with Crippen molar-refractivity contribution in [3.63, 3.8) is 0 Å². The summed E-state index contributed by atoms with van der Waals surface area (Å²) in [5.74, 6) is -0.959. The van der Waals surface area contributed by atoms with Crippen molar-refractivity contribution >= 4 is 33.5 Å². The zero-order chi connectivity index (χ0) is 16.0. The number of hydrogen-bond donors (Lipinski definition) is 0. The molecule has 0 aromatic heterocycles. The van der Waals surface area contributed by atoms with Crippen LogP contribution in [0.15, 0.2) is 33.9 Å². The van der Waals surface area contributed by atoms with Crippen LogP contribution in [-0.2, 0) is 14.4 Å². The predicted molar refractivity (Wildman–Crippen MR) is 87.8 cm³/mol. The maximum Gasteiger partial charge on any atom is 0.274 e. The maximum absolute atomic E-state index is 12.9. The van der Waals surface area contributed by atoms with Crippen molar-refractivity contribution in [1.82, 2.24) is 4.90 Å². The van der Waals surface area contributed by atoms with Gasteiger partial charge >= 0.3 is 0 Å². The number of likely N-dealkylation sites (tertiary alicyclic amines) is 1. The molecule has 0 bridgehead atoms. The number of hydrogen-bond acceptors (Lipinski definition) is 4. The summed E-state index contributed by atoms with van der Waals surface area (Å²) in [7, 11) is 0. The van der Waals surface area contributed by atoms with Gasteiger partial charge in [0.25, 0.3) is 5.91 Å². The van der Waals surface area contributed by atoms with E-state index >= 15 is 0 Å². The molecule has 2 heterocycles. The first-order chi connectivity index (χ1) is 11.2. The molecule has 2 amide bonds. The molecule has 4 rings (SSSR count). The van der Waals surface area contributed by atoms with Gasteiger partial charge in [-0.05, 0) is 25.0 Å². The van der Waals surface area contributed by atoms with E-state index in [0.717, 1.165) is 35.7 Å². The van der Waals surface area contributed by atoms with E-state index < -0.39 is 12.0 Å². The monoisotopic (exact) mass is 376 g/mol. The van der Waals surface area contributed by atoms with Crippen molar-refractivity contribution in [1.29, 1.82) is 0 Å². The third kappa shape index (κ3) is 2.40. The lowest BCUT2D eigenvalue weighted by Gasteiger charge is -2.29. The molecule has 2 atom stereocenters. The third-order valence-corrected chi connectivity index (χ3v) is 5.45. The molecule has 120 valence electrons. The van der Waals surface area contributed by atoms with Crippen LogP contribution in [-0.4, -0.2) is 34.6 Å². The zero-order valence-corrected chi connectivity index (χ0v) is 14.2. The lowest BCUT2D eigenvalue weighted by atomic mass is 9.93. The number of carbonyl (C=O) groups is 2. The molecule has 0 radical (unpaired) electrons. The molecule has 1 saturated carbocycles. The fourth-order valence-electron chi connectivity index (χ4n) is 3.76. The molecule has 23 heavy (non-hydrogen) atoms. The Labute approximate surface area is 142 Å². The summed E-state index contributed by atoms with van der Waals surface area (Å²) in [5.41, 5.74) is 1.39. The molecular formula is C17H17BrN2O3. The number of oxime groups is 1. The average molecular weight is 377 g/mol. The summed E-state index contributed by atoms with van der Waals surface area (Å²) in [5, 5.41) is 4.03. The van der Waals surface area contributed by atoms with E-state index in [-0.39, 0.29) is 17.9 Å². The Balaban J connectivity index is 1.62. The standard InChI is InChI=1S/C17H17BrN2O3/c18-11-8-6-10(7-9-11)14-13-15(23-19-14)17(22)20(16(13)21)12-4-2-1-3-5-12/h6-9,12-13,15H,1-5H2/t13-,15+/m1/s1. The summed E-state index contributed by atoms with van der Waals surface area (Å²) >= 11 is 3.39. The fourth-order valence-corrected chi connectivity index (χ4v) is 4.02. The van der Waals surface area contributed by atoms with E-state index in [1.165, 1.54) is 11.3 Å². The highest BCUT2D eigenvalue weighted by Crippen LogP contribution is 2.36. The van der Waals surface area contributed by atoms with Gasteiger partial charge in [-0.15, -0.1) is 0 Å². The number of imide groups is 1. The van der Waals surface area contributed by atoms with Crippen LogP contribution in [0.1, 0.15) is 37.7 Å². The first-order valence-corrected chi connectivity index (χ1v) is 8.82. The van der Waals surface area contributed by atoms with Gasteiger partial charge in [-0.1, -0.05) is 52.5 Å². The Bertz CT molecular complexity index is 680.